The van der Waals surface area contributed by atoms with Gasteiger partial charge in [-0.05, 0) is 30.3 Å². The minimum Gasteiger partial charge on any atom is -0.507 e. The topological polar surface area (TPSA) is 62.0 Å². The fourth-order valence-corrected chi connectivity index (χ4v) is 1.77. The lowest BCUT2D eigenvalue weighted by molar-refractivity contribution is 0.319. The summed E-state index contributed by atoms with van der Waals surface area (Å²) >= 11 is 0. The van der Waals surface area contributed by atoms with Crippen molar-refractivity contribution in [1.82, 2.24) is 0 Å². The standard InChI is InChI=1S/C14H11F2NO3/c1-20-9-3-4-10(13(18)7-9)14(17-19)11-6-8(15)2-5-12(11)16/h2-7,18-19H,1H3. The molecule has 0 aliphatic heterocycles. The molecule has 2 aromatic carbocycles. The summed E-state index contributed by atoms with van der Waals surface area (Å²) in [4.78, 5) is 0. The Morgan fingerprint density at radius 2 is 1.85 bits per heavy atom. The summed E-state index contributed by atoms with van der Waals surface area (Å²) in [6.07, 6.45) is 0. The Kier molecular flexibility index (Phi) is 3.84. The molecule has 2 N–H and O–H groups in total. The summed E-state index contributed by atoms with van der Waals surface area (Å²) in [5, 5.41) is 21.9. The molecule has 6 heteroatoms. The normalized spacial score (nSPS) is 11.4. The second kappa shape index (κ2) is 5.56. The molecule has 0 bridgehead atoms. The number of phenols is 1. The first-order valence-corrected chi connectivity index (χ1v) is 5.61. The van der Waals surface area contributed by atoms with Crippen LogP contribution in [0.5, 0.6) is 11.5 Å². The average Bonchev–Trinajstić information content (AvgIpc) is 2.44. The number of nitrogens with zero attached hydrogens (tertiary/aromatic N) is 1. The van der Waals surface area contributed by atoms with Gasteiger partial charge in [-0.2, -0.15) is 0 Å². The highest BCUT2D eigenvalue weighted by molar-refractivity contribution is 6.14. The van der Waals surface area contributed by atoms with Gasteiger partial charge in [0.05, 0.1) is 7.11 Å². The van der Waals surface area contributed by atoms with Crippen molar-refractivity contribution >= 4 is 5.71 Å². The first-order valence-electron chi connectivity index (χ1n) is 5.61. The van der Waals surface area contributed by atoms with Gasteiger partial charge in [-0.3, -0.25) is 0 Å². The van der Waals surface area contributed by atoms with E-state index in [1.165, 1.54) is 25.3 Å². The zero-order valence-electron chi connectivity index (χ0n) is 10.5. The fourth-order valence-electron chi connectivity index (χ4n) is 1.77. The highest BCUT2D eigenvalue weighted by atomic mass is 19.1. The molecule has 0 aliphatic carbocycles. The molecule has 0 atom stereocenters. The van der Waals surface area contributed by atoms with Crippen LogP contribution in [-0.2, 0) is 0 Å². The van der Waals surface area contributed by atoms with Crippen LogP contribution in [0, 0.1) is 11.6 Å². The number of hydrogen-bond donors (Lipinski definition) is 2. The van der Waals surface area contributed by atoms with Crippen LogP contribution in [0.15, 0.2) is 41.6 Å². The number of rotatable bonds is 3. The minimum absolute atomic E-state index is 0.0535. The van der Waals surface area contributed by atoms with Gasteiger partial charge in [-0.25, -0.2) is 8.78 Å². The molecular formula is C14H11F2NO3. The van der Waals surface area contributed by atoms with Crippen molar-refractivity contribution in [2.45, 2.75) is 0 Å². The molecule has 2 aromatic rings. The third-order valence-electron chi connectivity index (χ3n) is 2.74. The second-order valence-electron chi connectivity index (χ2n) is 3.96. The molecule has 20 heavy (non-hydrogen) atoms. The smallest absolute Gasteiger partial charge is 0.132 e. The molecule has 104 valence electrons. The van der Waals surface area contributed by atoms with Gasteiger partial charge in [0, 0.05) is 17.2 Å². The Balaban J connectivity index is 2.56. The van der Waals surface area contributed by atoms with E-state index in [1.807, 2.05) is 0 Å². The summed E-state index contributed by atoms with van der Waals surface area (Å²) in [7, 11) is 1.42. The van der Waals surface area contributed by atoms with Gasteiger partial charge < -0.3 is 15.1 Å². The summed E-state index contributed by atoms with van der Waals surface area (Å²) in [6, 6.07) is 6.90. The van der Waals surface area contributed by atoms with Crippen LogP contribution >= 0.6 is 0 Å². The van der Waals surface area contributed by atoms with E-state index in [1.54, 1.807) is 0 Å². The van der Waals surface area contributed by atoms with Crippen LogP contribution in [0.3, 0.4) is 0 Å². The van der Waals surface area contributed by atoms with E-state index in [9.17, 15) is 13.9 Å². The van der Waals surface area contributed by atoms with Crippen molar-refractivity contribution in [3.8, 4) is 11.5 Å². The average molecular weight is 279 g/mol. The Morgan fingerprint density at radius 3 is 2.45 bits per heavy atom. The van der Waals surface area contributed by atoms with Gasteiger partial charge in [0.25, 0.3) is 0 Å². The number of oxime groups is 1. The SMILES string of the molecule is COc1ccc(C(=NO)c2cc(F)ccc2F)c(O)c1. The predicted molar refractivity (Wildman–Crippen MR) is 68.4 cm³/mol. The van der Waals surface area contributed by atoms with Crippen LogP contribution in [0.25, 0.3) is 0 Å². The molecule has 0 unspecified atom stereocenters. The first kappa shape index (κ1) is 13.8. The number of hydrogen-bond acceptors (Lipinski definition) is 4. The van der Waals surface area contributed by atoms with Gasteiger partial charge in [0.15, 0.2) is 0 Å². The molecule has 0 amide bonds. The second-order valence-corrected chi connectivity index (χ2v) is 3.96. The summed E-state index contributed by atoms with van der Waals surface area (Å²) in [5.74, 6) is -1.35. The van der Waals surface area contributed by atoms with Crippen molar-refractivity contribution in [1.29, 1.82) is 0 Å². The van der Waals surface area contributed by atoms with E-state index in [4.69, 9.17) is 9.94 Å². The number of halogens is 2. The predicted octanol–water partition coefficient (Wildman–Crippen LogP) is 2.91. The molecule has 0 saturated heterocycles. The largest absolute Gasteiger partial charge is 0.507 e. The van der Waals surface area contributed by atoms with Crippen molar-refractivity contribution in [3.63, 3.8) is 0 Å². The molecule has 0 saturated carbocycles. The highest BCUT2D eigenvalue weighted by Gasteiger charge is 2.17. The van der Waals surface area contributed by atoms with Crippen molar-refractivity contribution in [3.05, 3.63) is 59.2 Å². The lowest BCUT2D eigenvalue weighted by Gasteiger charge is -2.09. The highest BCUT2D eigenvalue weighted by Crippen LogP contribution is 2.27. The van der Waals surface area contributed by atoms with E-state index in [0.29, 0.717) is 5.75 Å². The van der Waals surface area contributed by atoms with E-state index in [2.05, 4.69) is 5.16 Å². The van der Waals surface area contributed by atoms with Crippen LogP contribution in [0.1, 0.15) is 11.1 Å². The van der Waals surface area contributed by atoms with Gasteiger partial charge in [-0.15, -0.1) is 0 Å². The van der Waals surface area contributed by atoms with Crippen LogP contribution in [0.4, 0.5) is 8.78 Å². The molecule has 0 fully saturated rings. The number of benzene rings is 2. The van der Waals surface area contributed by atoms with Crippen LogP contribution < -0.4 is 4.74 Å². The number of ether oxygens (including phenoxy) is 1. The quantitative estimate of drug-likeness (QED) is 0.516. The lowest BCUT2D eigenvalue weighted by Crippen LogP contribution is -2.07. The summed E-state index contributed by atoms with van der Waals surface area (Å²) < 4.78 is 31.8. The molecule has 0 aromatic heterocycles. The zero-order chi connectivity index (χ0) is 14.7. The van der Waals surface area contributed by atoms with Gasteiger partial charge in [0.2, 0.25) is 0 Å². The van der Waals surface area contributed by atoms with Crippen molar-refractivity contribution in [2.75, 3.05) is 7.11 Å². The lowest BCUT2D eigenvalue weighted by atomic mass is 10.0. The monoisotopic (exact) mass is 279 g/mol. The van der Waals surface area contributed by atoms with E-state index >= 15 is 0 Å². The van der Waals surface area contributed by atoms with Crippen LogP contribution in [0.2, 0.25) is 0 Å². The summed E-state index contributed by atoms with van der Waals surface area (Å²) in [5.41, 5.74) is -0.479. The number of aromatic hydroxyl groups is 1. The van der Waals surface area contributed by atoms with E-state index < -0.39 is 11.6 Å². The third kappa shape index (κ3) is 2.54. The minimum atomic E-state index is -0.769. The summed E-state index contributed by atoms with van der Waals surface area (Å²) in [6.45, 7) is 0. The van der Waals surface area contributed by atoms with E-state index in [-0.39, 0.29) is 22.6 Å². The third-order valence-corrected chi connectivity index (χ3v) is 2.74. The molecule has 4 nitrogen and oxygen atoms in total. The Bertz CT molecular complexity index is 671. The maximum absolute atomic E-state index is 13.7. The van der Waals surface area contributed by atoms with Crippen LogP contribution in [-0.4, -0.2) is 23.1 Å². The molecule has 0 aliphatic rings. The molecule has 0 radical (unpaired) electrons. The van der Waals surface area contributed by atoms with Gasteiger partial charge >= 0.3 is 0 Å². The maximum Gasteiger partial charge on any atom is 0.132 e. The van der Waals surface area contributed by atoms with E-state index in [0.717, 1.165) is 18.2 Å². The molecule has 0 spiro atoms. The van der Waals surface area contributed by atoms with Gasteiger partial charge in [0.1, 0.15) is 28.8 Å². The number of methoxy groups -OCH3 is 1. The van der Waals surface area contributed by atoms with Crippen molar-refractivity contribution in [2.24, 2.45) is 5.16 Å². The first-order chi connectivity index (χ1) is 9.56. The molecule has 0 heterocycles. The number of phenolic OH excluding ortho intramolecular Hbond substituents is 1. The van der Waals surface area contributed by atoms with Gasteiger partial charge in [-0.1, -0.05) is 5.16 Å². The Labute approximate surface area is 113 Å². The Morgan fingerprint density at radius 1 is 1.10 bits per heavy atom. The molecular weight excluding hydrogens is 268 g/mol. The van der Waals surface area contributed by atoms with Crippen molar-refractivity contribution < 1.29 is 23.8 Å². The molecule has 2 rings (SSSR count). The Hall–Kier alpha value is -2.63. The maximum atomic E-state index is 13.7. The fraction of sp³-hybridized carbons (Fsp3) is 0.0714. The zero-order valence-corrected chi connectivity index (χ0v) is 10.5.